The highest BCUT2D eigenvalue weighted by molar-refractivity contribution is 6.30. The van der Waals surface area contributed by atoms with E-state index in [1.807, 2.05) is 17.0 Å². The van der Waals surface area contributed by atoms with Crippen LogP contribution in [0, 0.1) is 0 Å². The lowest BCUT2D eigenvalue weighted by atomic mass is 10.3. The number of guanidine groups is 1. The largest absolute Gasteiger partial charge is 0.492 e. The molecule has 1 aliphatic heterocycles. The summed E-state index contributed by atoms with van der Waals surface area (Å²) in [5, 5.41) is 0.696. The standard InChI is InChI=1S/C13H18ClN3O2/c14-11-1-3-12(4-2-11)19-8-5-16-13(15)17-6-9-18-10-7-17/h1-4H,5-10H2,(H2,15,16). The van der Waals surface area contributed by atoms with Gasteiger partial charge in [-0.15, -0.1) is 0 Å². The Balaban J connectivity index is 1.71. The smallest absolute Gasteiger partial charge is 0.191 e. The average Bonchev–Trinajstić information content (AvgIpc) is 2.46. The Kier molecular flexibility index (Phi) is 5.30. The second-order valence-electron chi connectivity index (χ2n) is 4.14. The third-order valence-corrected chi connectivity index (χ3v) is 3.03. The summed E-state index contributed by atoms with van der Waals surface area (Å²) in [6.45, 7) is 4.04. The molecule has 5 nitrogen and oxygen atoms in total. The fourth-order valence-electron chi connectivity index (χ4n) is 1.75. The van der Waals surface area contributed by atoms with E-state index in [9.17, 15) is 0 Å². The second kappa shape index (κ2) is 7.21. The van der Waals surface area contributed by atoms with E-state index in [-0.39, 0.29) is 0 Å². The molecule has 2 rings (SSSR count). The molecule has 1 aliphatic rings. The zero-order valence-corrected chi connectivity index (χ0v) is 11.5. The van der Waals surface area contributed by atoms with E-state index >= 15 is 0 Å². The summed E-state index contributed by atoms with van der Waals surface area (Å²) in [7, 11) is 0. The summed E-state index contributed by atoms with van der Waals surface area (Å²) in [5.41, 5.74) is 5.90. The Bertz CT molecular complexity index is 416. The number of ether oxygens (including phenoxy) is 2. The molecule has 1 aromatic rings. The van der Waals surface area contributed by atoms with E-state index in [4.69, 9.17) is 26.8 Å². The van der Waals surface area contributed by atoms with Crippen LogP contribution in [0.25, 0.3) is 0 Å². The van der Waals surface area contributed by atoms with Gasteiger partial charge in [-0.25, -0.2) is 4.99 Å². The summed E-state index contributed by atoms with van der Waals surface area (Å²) in [6, 6.07) is 7.25. The molecule has 0 radical (unpaired) electrons. The Morgan fingerprint density at radius 3 is 2.68 bits per heavy atom. The van der Waals surface area contributed by atoms with Crippen molar-refractivity contribution < 1.29 is 9.47 Å². The number of nitrogens with zero attached hydrogens (tertiary/aromatic N) is 2. The topological polar surface area (TPSA) is 60.1 Å². The first kappa shape index (κ1) is 14.0. The molecule has 1 aromatic carbocycles. The summed E-state index contributed by atoms with van der Waals surface area (Å²) in [6.07, 6.45) is 0. The van der Waals surface area contributed by atoms with Crippen LogP contribution in [0.3, 0.4) is 0 Å². The van der Waals surface area contributed by atoms with E-state index in [0.717, 1.165) is 18.8 Å². The minimum Gasteiger partial charge on any atom is -0.492 e. The van der Waals surface area contributed by atoms with Crippen LogP contribution in [0.4, 0.5) is 0 Å². The lowest BCUT2D eigenvalue weighted by Crippen LogP contribution is -2.45. The number of hydrogen-bond donors (Lipinski definition) is 1. The molecule has 0 aromatic heterocycles. The quantitative estimate of drug-likeness (QED) is 0.515. The van der Waals surface area contributed by atoms with Crippen LogP contribution < -0.4 is 10.5 Å². The van der Waals surface area contributed by atoms with E-state index < -0.39 is 0 Å². The zero-order chi connectivity index (χ0) is 13.5. The highest BCUT2D eigenvalue weighted by atomic mass is 35.5. The van der Waals surface area contributed by atoms with Gasteiger partial charge in [0.2, 0.25) is 0 Å². The van der Waals surface area contributed by atoms with E-state index in [1.165, 1.54) is 0 Å². The average molecular weight is 284 g/mol. The summed E-state index contributed by atoms with van der Waals surface area (Å²) >= 11 is 5.79. The first-order valence-corrected chi connectivity index (χ1v) is 6.64. The zero-order valence-electron chi connectivity index (χ0n) is 10.7. The number of nitrogens with two attached hydrogens (primary N) is 1. The van der Waals surface area contributed by atoms with Crippen LogP contribution in [0.15, 0.2) is 29.3 Å². The lowest BCUT2D eigenvalue weighted by Gasteiger charge is -2.27. The fourth-order valence-corrected chi connectivity index (χ4v) is 1.87. The fraction of sp³-hybridized carbons (Fsp3) is 0.462. The minimum absolute atomic E-state index is 0.493. The van der Waals surface area contributed by atoms with E-state index in [0.29, 0.717) is 37.3 Å². The van der Waals surface area contributed by atoms with Gasteiger partial charge in [0.05, 0.1) is 19.8 Å². The Hall–Kier alpha value is -1.46. The van der Waals surface area contributed by atoms with Gasteiger partial charge < -0.3 is 20.1 Å². The van der Waals surface area contributed by atoms with Gasteiger partial charge in [-0.1, -0.05) is 11.6 Å². The van der Waals surface area contributed by atoms with Crippen molar-refractivity contribution in [3.8, 4) is 5.75 Å². The van der Waals surface area contributed by atoms with Crippen LogP contribution in [-0.2, 0) is 4.74 Å². The third-order valence-electron chi connectivity index (χ3n) is 2.78. The third kappa shape index (κ3) is 4.61. The van der Waals surface area contributed by atoms with Gasteiger partial charge in [-0.3, -0.25) is 0 Å². The summed E-state index contributed by atoms with van der Waals surface area (Å²) in [4.78, 5) is 6.31. The SMILES string of the molecule is NC(=NCCOc1ccc(Cl)cc1)N1CCOCC1. The van der Waals surface area contributed by atoms with E-state index in [2.05, 4.69) is 4.99 Å². The van der Waals surface area contributed by atoms with Crippen molar-refractivity contribution in [3.63, 3.8) is 0 Å². The van der Waals surface area contributed by atoms with Crippen LogP contribution in [-0.4, -0.2) is 50.3 Å². The lowest BCUT2D eigenvalue weighted by molar-refractivity contribution is 0.0674. The highest BCUT2D eigenvalue weighted by Crippen LogP contribution is 2.15. The highest BCUT2D eigenvalue weighted by Gasteiger charge is 2.11. The number of benzene rings is 1. The molecule has 2 N–H and O–H groups in total. The molecule has 0 aliphatic carbocycles. The minimum atomic E-state index is 0.493. The summed E-state index contributed by atoms with van der Waals surface area (Å²) < 4.78 is 10.8. The monoisotopic (exact) mass is 283 g/mol. The molecule has 6 heteroatoms. The van der Waals surface area contributed by atoms with Crippen molar-refractivity contribution in [2.45, 2.75) is 0 Å². The van der Waals surface area contributed by atoms with Gasteiger partial charge in [-0.2, -0.15) is 0 Å². The van der Waals surface area contributed by atoms with Gasteiger partial charge in [-0.05, 0) is 24.3 Å². The van der Waals surface area contributed by atoms with Crippen LogP contribution in [0.2, 0.25) is 5.02 Å². The summed E-state index contributed by atoms with van der Waals surface area (Å²) in [5.74, 6) is 1.34. The molecular weight excluding hydrogens is 266 g/mol. The molecule has 1 fully saturated rings. The van der Waals surface area contributed by atoms with E-state index in [1.54, 1.807) is 12.1 Å². The predicted octanol–water partition coefficient (Wildman–Crippen LogP) is 1.37. The van der Waals surface area contributed by atoms with Crippen LogP contribution >= 0.6 is 11.6 Å². The molecular formula is C13H18ClN3O2. The maximum atomic E-state index is 5.90. The van der Waals surface area contributed by atoms with Crippen LogP contribution in [0.1, 0.15) is 0 Å². The maximum absolute atomic E-state index is 5.90. The maximum Gasteiger partial charge on any atom is 0.191 e. The number of hydrogen-bond acceptors (Lipinski definition) is 3. The van der Waals surface area contributed by atoms with Crippen molar-refractivity contribution in [2.24, 2.45) is 10.7 Å². The van der Waals surface area contributed by atoms with Gasteiger partial charge >= 0.3 is 0 Å². The van der Waals surface area contributed by atoms with Gasteiger partial charge in [0.1, 0.15) is 12.4 Å². The Morgan fingerprint density at radius 2 is 2.00 bits per heavy atom. The van der Waals surface area contributed by atoms with Gasteiger partial charge in [0, 0.05) is 18.1 Å². The normalized spacial score (nSPS) is 16.5. The molecule has 104 valence electrons. The predicted molar refractivity (Wildman–Crippen MR) is 75.8 cm³/mol. The number of morpholine rings is 1. The molecule has 1 heterocycles. The van der Waals surface area contributed by atoms with Crippen molar-refractivity contribution in [3.05, 3.63) is 29.3 Å². The number of aliphatic imine (C=N–C) groups is 1. The van der Waals surface area contributed by atoms with Crippen molar-refractivity contribution >= 4 is 17.6 Å². The Labute approximate surface area is 118 Å². The molecule has 0 saturated carbocycles. The Morgan fingerprint density at radius 1 is 1.32 bits per heavy atom. The van der Waals surface area contributed by atoms with Gasteiger partial charge in [0.15, 0.2) is 5.96 Å². The first-order chi connectivity index (χ1) is 9.25. The van der Waals surface area contributed by atoms with Crippen molar-refractivity contribution in [1.82, 2.24) is 4.90 Å². The molecule has 0 amide bonds. The van der Waals surface area contributed by atoms with Crippen molar-refractivity contribution in [2.75, 3.05) is 39.5 Å². The second-order valence-corrected chi connectivity index (χ2v) is 4.58. The van der Waals surface area contributed by atoms with Crippen LogP contribution in [0.5, 0.6) is 5.75 Å². The molecule has 1 saturated heterocycles. The van der Waals surface area contributed by atoms with Gasteiger partial charge in [0.25, 0.3) is 0 Å². The number of halogens is 1. The molecule has 0 atom stereocenters. The molecule has 19 heavy (non-hydrogen) atoms. The molecule has 0 spiro atoms. The van der Waals surface area contributed by atoms with Crippen molar-refractivity contribution in [1.29, 1.82) is 0 Å². The first-order valence-electron chi connectivity index (χ1n) is 6.27. The number of rotatable bonds is 4. The molecule has 0 unspecified atom stereocenters. The molecule has 0 bridgehead atoms.